The minimum Gasteiger partial charge on any atom is -0.507 e. The van der Waals surface area contributed by atoms with Gasteiger partial charge in [-0.25, -0.2) is 0 Å². The number of thiophene rings is 1. The van der Waals surface area contributed by atoms with E-state index in [9.17, 15) is 24.6 Å². The number of fused-ring (bicyclic) bond motifs is 1. The molecule has 1 aromatic carbocycles. The van der Waals surface area contributed by atoms with Gasteiger partial charge in [0.1, 0.15) is 17.6 Å². The number of allylic oxidation sites excluding steroid dienone is 2. The van der Waals surface area contributed by atoms with Crippen molar-refractivity contribution in [2.45, 2.75) is 52.1 Å². The topological polar surface area (TPSA) is 101 Å². The Labute approximate surface area is 190 Å². The molecule has 0 fully saturated rings. The molecule has 1 aliphatic rings. The zero-order valence-electron chi connectivity index (χ0n) is 18.1. The van der Waals surface area contributed by atoms with Crippen LogP contribution in [0.4, 0.5) is 0 Å². The Bertz CT molecular complexity index is 1070. The number of hydrogen-bond donors (Lipinski definition) is 2. The Balaban J connectivity index is 1.74. The van der Waals surface area contributed by atoms with Crippen LogP contribution in [-0.4, -0.2) is 33.9 Å². The molecule has 2 N–H and O–H groups in total. The van der Waals surface area contributed by atoms with Crippen molar-refractivity contribution in [2.75, 3.05) is 0 Å². The number of ether oxygens (including phenoxy) is 1. The molecule has 0 unspecified atom stereocenters. The van der Waals surface area contributed by atoms with Gasteiger partial charge < -0.3 is 14.9 Å². The van der Waals surface area contributed by atoms with Crippen LogP contribution in [0.3, 0.4) is 0 Å². The van der Waals surface area contributed by atoms with Crippen molar-refractivity contribution in [3.8, 4) is 11.5 Å². The third-order valence-electron chi connectivity index (χ3n) is 5.18. The summed E-state index contributed by atoms with van der Waals surface area (Å²) in [4.78, 5) is 39.5. The molecule has 32 heavy (non-hydrogen) atoms. The Morgan fingerprint density at radius 1 is 1.09 bits per heavy atom. The average molecular weight is 455 g/mol. The molecule has 0 saturated heterocycles. The van der Waals surface area contributed by atoms with E-state index in [4.69, 9.17) is 4.74 Å². The summed E-state index contributed by atoms with van der Waals surface area (Å²) in [5.74, 6) is -2.48. The molecule has 0 amide bonds. The summed E-state index contributed by atoms with van der Waals surface area (Å²) < 4.78 is 5.62. The summed E-state index contributed by atoms with van der Waals surface area (Å²) in [6, 6.07) is 6.37. The van der Waals surface area contributed by atoms with Gasteiger partial charge in [0.2, 0.25) is 0 Å². The zero-order chi connectivity index (χ0) is 23.3. The fraction of sp³-hybridized carbons (Fsp3) is 0.320. The Hall–Kier alpha value is -3.19. The molecule has 1 aliphatic carbocycles. The number of rotatable bonds is 9. The van der Waals surface area contributed by atoms with Crippen LogP contribution in [0.5, 0.6) is 11.5 Å². The number of benzene rings is 1. The van der Waals surface area contributed by atoms with Gasteiger partial charge in [0.15, 0.2) is 11.6 Å². The Morgan fingerprint density at radius 2 is 1.81 bits per heavy atom. The van der Waals surface area contributed by atoms with E-state index < -0.39 is 29.4 Å². The molecule has 0 radical (unpaired) electrons. The quantitative estimate of drug-likeness (QED) is 0.235. The molecule has 2 aromatic rings. The predicted molar refractivity (Wildman–Crippen MR) is 122 cm³/mol. The van der Waals surface area contributed by atoms with Crippen LogP contribution in [-0.2, 0) is 16.0 Å². The van der Waals surface area contributed by atoms with Gasteiger partial charge in [-0.15, -0.1) is 11.3 Å². The highest BCUT2D eigenvalue weighted by molar-refractivity contribution is 7.09. The Kier molecular flexibility index (Phi) is 7.64. The number of phenolic OH excluding ortho intramolecular Hbond substituents is 2. The second-order valence-electron chi connectivity index (χ2n) is 7.93. The fourth-order valence-corrected chi connectivity index (χ4v) is 4.30. The van der Waals surface area contributed by atoms with E-state index in [1.807, 2.05) is 31.4 Å². The van der Waals surface area contributed by atoms with Crippen LogP contribution in [0.25, 0.3) is 0 Å². The van der Waals surface area contributed by atoms with E-state index in [2.05, 4.69) is 6.07 Å². The third-order valence-corrected chi connectivity index (χ3v) is 6.11. The standard InChI is InChI=1S/C25H26O6S/c1-15(2)9-12-21(31-22(29)8-4-3-6-16-7-5-13-32-16)17-14-20(28)23-18(26)10-11-19(27)24(23)25(17)30/h5,7,9-11,13-14,21,26-27H,3-4,6,8,12H2,1-2H3/t21-/m1/s1. The maximum Gasteiger partial charge on any atom is 0.306 e. The van der Waals surface area contributed by atoms with Gasteiger partial charge in [0.05, 0.1) is 11.1 Å². The first kappa shape index (κ1) is 23.5. The van der Waals surface area contributed by atoms with Gasteiger partial charge in [0.25, 0.3) is 0 Å². The minimum absolute atomic E-state index is 0.00663. The van der Waals surface area contributed by atoms with Crippen LogP contribution in [0.1, 0.15) is 65.1 Å². The molecule has 1 heterocycles. The van der Waals surface area contributed by atoms with E-state index in [1.54, 1.807) is 11.3 Å². The smallest absolute Gasteiger partial charge is 0.306 e. The van der Waals surface area contributed by atoms with Gasteiger partial charge >= 0.3 is 5.97 Å². The summed E-state index contributed by atoms with van der Waals surface area (Å²) in [7, 11) is 0. The van der Waals surface area contributed by atoms with Crippen LogP contribution in [0, 0.1) is 0 Å². The fourth-order valence-electron chi connectivity index (χ4n) is 3.54. The number of phenols is 2. The highest BCUT2D eigenvalue weighted by Crippen LogP contribution is 2.36. The lowest BCUT2D eigenvalue weighted by atomic mass is 9.85. The van der Waals surface area contributed by atoms with Gasteiger partial charge in [-0.2, -0.15) is 0 Å². The lowest BCUT2D eigenvalue weighted by molar-refractivity contribution is -0.147. The summed E-state index contributed by atoms with van der Waals surface area (Å²) in [6.07, 6.45) is 4.77. The zero-order valence-corrected chi connectivity index (χ0v) is 18.9. The molecule has 0 aliphatic heterocycles. The number of ketones is 2. The van der Waals surface area contributed by atoms with Crippen molar-refractivity contribution in [2.24, 2.45) is 0 Å². The number of aryl methyl sites for hydroxylation is 1. The molecule has 1 aromatic heterocycles. The number of unbranched alkanes of at least 4 members (excludes halogenated alkanes) is 1. The highest BCUT2D eigenvalue weighted by atomic mass is 32.1. The number of aromatic hydroxyl groups is 2. The van der Waals surface area contributed by atoms with Gasteiger partial charge in [-0.05, 0) is 62.8 Å². The van der Waals surface area contributed by atoms with Crippen molar-refractivity contribution in [1.82, 2.24) is 0 Å². The van der Waals surface area contributed by atoms with E-state index in [0.717, 1.165) is 36.6 Å². The second kappa shape index (κ2) is 10.4. The van der Waals surface area contributed by atoms with E-state index in [0.29, 0.717) is 6.42 Å². The van der Waals surface area contributed by atoms with Crippen molar-refractivity contribution in [3.63, 3.8) is 0 Å². The summed E-state index contributed by atoms with van der Waals surface area (Å²) in [5.41, 5.74) is 0.465. The molecular formula is C25H26O6S. The van der Waals surface area contributed by atoms with Crippen molar-refractivity contribution < 1.29 is 29.3 Å². The molecule has 168 valence electrons. The first-order valence-electron chi connectivity index (χ1n) is 10.5. The largest absolute Gasteiger partial charge is 0.507 e. The number of carbonyl (C=O) groups excluding carboxylic acids is 3. The number of carbonyl (C=O) groups is 3. The summed E-state index contributed by atoms with van der Waals surface area (Å²) in [5, 5.41) is 22.2. The molecule has 0 spiro atoms. The maximum absolute atomic E-state index is 13.1. The lowest BCUT2D eigenvalue weighted by Gasteiger charge is -2.23. The van der Waals surface area contributed by atoms with E-state index in [-0.39, 0.29) is 35.3 Å². The van der Waals surface area contributed by atoms with Gasteiger partial charge in [0, 0.05) is 23.3 Å². The number of esters is 1. The van der Waals surface area contributed by atoms with Crippen molar-refractivity contribution in [1.29, 1.82) is 0 Å². The third kappa shape index (κ3) is 5.53. The first-order valence-corrected chi connectivity index (χ1v) is 11.4. The normalized spacial score (nSPS) is 13.9. The SMILES string of the molecule is CC(C)=CC[C@@H](OC(=O)CCCCc1cccs1)C1=CC(=O)c2c(O)ccc(O)c2C1=O. The minimum atomic E-state index is -0.957. The molecule has 6 nitrogen and oxygen atoms in total. The van der Waals surface area contributed by atoms with Crippen molar-refractivity contribution >= 4 is 28.9 Å². The highest BCUT2D eigenvalue weighted by Gasteiger charge is 2.35. The lowest BCUT2D eigenvalue weighted by Crippen LogP contribution is -2.29. The van der Waals surface area contributed by atoms with Crippen LogP contribution in [0.2, 0.25) is 0 Å². The molecule has 7 heteroatoms. The summed E-state index contributed by atoms with van der Waals surface area (Å²) >= 11 is 1.68. The Morgan fingerprint density at radius 3 is 2.47 bits per heavy atom. The van der Waals surface area contributed by atoms with Crippen LogP contribution in [0.15, 0.2) is 52.9 Å². The monoisotopic (exact) mass is 454 g/mol. The van der Waals surface area contributed by atoms with Crippen LogP contribution < -0.4 is 0 Å². The van der Waals surface area contributed by atoms with Crippen LogP contribution >= 0.6 is 11.3 Å². The first-order chi connectivity index (χ1) is 15.3. The number of hydrogen-bond acceptors (Lipinski definition) is 7. The number of Topliss-reactive ketones (excluding diaryl/α,β-unsaturated/α-hetero) is 1. The van der Waals surface area contributed by atoms with E-state index >= 15 is 0 Å². The molecule has 0 saturated carbocycles. The predicted octanol–water partition coefficient (Wildman–Crippen LogP) is 5.15. The summed E-state index contributed by atoms with van der Waals surface area (Å²) in [6.45, 7) is 3.76. The molecular weight excluding hydrogens is 428 g/mol. The second-order valence-corrected chi connectivity index (χ2v) is 8.96. The van der Waals surface area contributed by atoms with Crippen molar-refractivity contribution in [3.05, 3.63) is 68.9 Å². The molecule has 1 atom stereocenters. The molecule has 3 rings (SSSR count). The van der Waals surface area contributed by atoms with Gasteiger partial charge in [-0.1, -0.05) is 17.7 Å². The maximum atomic E-state index is 13.1. The molecule has 0 bridgehead atoms. The van der Waals surface area contributed by atoms with E-state index in [1.165, 1.54) is 4.88 Å². The average Bonchev–Trinajstić information content (AvgIpc) is 3.26. The van der Waals surface area contributed by atoms with Gasteiger partial charge in [-0.3, -0.25) is 14.4 Å².